The summed E-state index contributed by atoms with van der Waals surface area (Å²) in [6, 6.07) is 8.48. The molecule has 0 heterocycles. The van der Waals surface area contributed by atoms with Crippen molar-refractivity contribution in [3.63, 3.8) is 0 Å². The van der Waals surface area contributed by atoms with Gasteiger partial charge in [0.15, 0.2) is 6.10 Å². The molecule has 0 saturated heterocycles. The van der Waals surface area contributed by atoms with E-state index in [4.69, 9.17) is 4.74 Å². The average molecular weight is 316 g/mol. The van der Waals surface area contributed by atoms with Crippen molar-refractivity contribution in [2.24, 2.45) is 5.92 Å². The predicted octanol–water partition coefficient (Wildman–Crippen LogP) is 1.74. The molecule has 0 radical (unpaired) electrons. The minimum Gasteiger partial charge on any atom is -0.452 e. The highest BCUT2D eigenvalue weighted by Gasteiger charge is 2.21. The van der Waals surface area contributed by atoms with Crippen LogP contribution in [0.3, 0.4) is 0 Å². The number of carbonyl (C=O) groups excluding carboxylic acids is 3. The third-order valence-corrected chi connectivity index (χ3v) is 3.55. The van der Waals surface area contributed by atoms with E-state index in [0.717, 1.165) is 12.8 Å². The van der Waals surface area contributed by atoms with E-state index in [1.807, 2.05) is 12.2 Å². The summed E-state index contributed by atoms with van der Waals surface area (Å²) in [5.74, 6) is -1.24. The van der Waals surface area contributed by atoms with E-state index in [2.05, 4.69) is 10.9 Å². The third kappa shape index (κ3) is 5.25. The molecule has 6 nitrogen and oxygen atoms in total. The van der Waals surface area contributed by atoms with Gasteiger partial charge in [0.05, 0.1) is 6.42 Å². The van der Waals surface area contributed by atoms with Crippen LogP contribution in [0.25, 0.3) is 0 Å². The smallest absolute Gasteiger partial charge is 0.307 e. The molecular formula is C17H20N2O4. The molecule has 1 aliphatic carbocycles. The number of esters is 1. The highest BCUT2D eigenvalue weighted by molar-refractivity contribution is 5.95. The second-order valence-corrected chi connectivity index (χ2v) is 5.41. The highest BCUT2D eigenvalue weighted by Crippen LogP contribution is 2.20. The maximum atomic E-state index is 11.8. The minimum atomic E-state index is -0.969. The van der Waals surface area contributed by atoms with Crippen LogP contribution in [0.1, 0.15) is 36.5 Å². The largest absolute Gasteiger partial charge is 0.452 e. The Morgan fingerprint density at radius 1 is 1.22 bits per heavy atom. The molecule has 2 rings (SSSR count). The standard InChI is InChI=1S/C17H20N2O4/c1-12(23-15(20)11-13-7-5-6-8-13)16(21)18-19-17(22)14-9-3-2-4-10-14/h2-5,7,9-10,12-13H,6,8,11H2,1H3,(H,18,21)(H,19,22)/t12-,13-/m0/s1. The molecule has 6 heteroatoms. The fourth-order valence-electron chi connectivity index (χ4n) is 2.26. The molecule has 0 fully saturated rings. The summed E-state index contributed by atoms with van der Waals surface area (Å²) >= 11 is 0. The van der Waals surface area contributed by atoms with Gasteiger partial charge in [-0.25, -0.2) is 0 Å². The topological polar surface area (TPSA) is 84.5 Å². The maximum absolute atomic E-state index is 11.8. The number of rotatable bonds is 5. The molecule has 1 aromatic rings. The first-order valence-electron chi connectivity index (χ1n) is 7.57. The van der Waals surface area contributed by atoms with Gasteiger partial charge in [-0.05, 0) is 37.8 Å². The summed E-state index contributed by atoms with van der Waals surface area (Å²) in [6.45, 7) is 1.46. The van der Waals surface area contributed by atoms with Crippen LogP contribution in [0.15, 0.2) is 42.5 Å². The Balaban J connectivity index is 1.73. The van der Waals surface area contributed by atoms with Crippen molar-refractivity contribution in [3.8, 4) is 0 Å². The molecule has 2 atom stereocenters. The van der Waals surface area contributed by atoms with Crippen LogP contribution in [-0.4, -0.2) is 23.9 Å². The number of nitrogens with one attached hydrogen (secondary N) is 2. The number of hydrogen-bond donors (Lipinski definition) is 2. The molecule has 0 bridgehead atoms. The van der Waals surface area contributed by atoms with Crippen LogP contribution in [0, 0.1) is 5.92 Å². The van der Waals surface area contributed by atoms with Gasteiger partial charge >= 0.3 is 5.97 Å². The van der Waals surface area contributed by atoms with Crippen LogP contribution >= 0.6 is 0 Å². The monoisotopic (exact) mass is 316 g/mol. The number of hydrogen-bond acceptors (Lipinski definition) is 4. The molecular weight excluding hydrogens is 296 g/mol. The number of hydrazine groups is 1. The molecule has 0 aromatic heterocycles. The van der Waals surface area contributed by atoms with Gasteiger partial charge in [0.2, 0.25) is 0 Å². The van der Waals surface area contributed by atoms with E-state index in [-0.39, 0.29) is 12.3 Å². The summed E-state index contributed by atoms with van der Waals surface area (Å²) in [4.78, 5) is 35.4. The van der Waals surface area contributed by atoms with Crippen molar-refractivity contribution in [2.75, 3.05) is 0 Å². The van der Waals surface area contributed by atoms with Gasteiger partial charge in [-0.2, -0.15) is 0 Å². The summed E-state index contributed by atoms with van der Waals surface area (Å²) in [7, 11) is 0. The van der Waals surface area contributed by atoms with Crippen LogP contribution in [0.4, 0.5) is 0 Å². The Morgan fingerprint density at radius 2 is 1.96 bits per heavy atom. The first-order valence-corrected chi connectivity index (χ1v) is 7.57. The van der Waals surface area contributed by atoms with Crippen LogP contribution in [-0.2, 0) is 14.3 Å². The maximum Gasteiger partial charge on any atom is 0.307 e. The molecule has 122 valence electrons. The Hall–Kier alpha value is -2.63. The zero-order valence-corrected chi connectivity index (χ0v) is 13.0. The molecule has 1 aromatic carbocycles. The lowest BCUT2D eigenvalue weighted by Gasteiger charge is -2.15. The van der Waals surface area contributed by atoms with Crippen LogP contribution < -0.4 is 10.9 Å². The van der Waals surface area contributed by atoms with E-state index in [9.17, 15) is 14.4 Å². The van der Waals surface area contributed by atoms with Gasteiger partial charge < -0.3 is 4.74 Å². The van der Waals surface area contributed by atoms with E-state index < -0.39 is 23.9 Å². The van der Waals surface area contributed by atoms with Gasteiger partial charge in [0.25, 0.3) is 11.8 Å². The van der Waals surface area contributed by atoms with Crippen LogP contribution in [0.5, 0.6) is 0 Å². The van der Waals surface area contributed by atoms with Crippen molar-refractivity contribution in [1.29, 1.82) is 0 Å². The van der Waals surface area contributed by atoms with Gasteiger partial charge in [-0.15, -0.1) is 0 Å². The van der Waals surface area contributed by atoms with Gasteiger partial charge in [0.1, 0.15) is 0 Å². The normalized spacial score (nSPS) is 17.3. The molecule has 1 aliphatic rings. The number of allylic oxidation sites excluding steroid dienone is 2. The second-order valence-electron chi connectivity index (χ2n) is 5.41. The molecule has 23 heavy (non-hydrogen) atoms. The summed E-state index contributed by atoms with van der Waals surface area (Å²) in [5.41, 5.74) is 4.96. The minimum absolute atomic E-state index is 0.190. The Kier molecular flexibility index (Phi) is 5.91. The SMILES string of the molecule is C[C@H](OC(=O)C[C@H]1C=CCC1)C(=O)NNC(=O)c1ccccc1. The van der Waals surface area contributed by atoms with E-state index in [1.165, 1.54) is 6.92 Å². The first-order chi connectivity index (χ1) is 11.1. The van der Waals surface area contributed by atoms with E-state index in [1.54, 1.807) is 30.3 Å². The lowest BCUT2D eigenvalue weighted by Crippen LogP contribution is -2.46. The average Bonchev–Trinajstić information content (AvgIpc) is 3.05. The molecule has 0 saturated carbocycles. The Morgan fingerprint density at radius 3 is 2.61 bits per heavy atom. The second kappa shape index (κ2) is 8.12. The molecule has 0 aliphatic heterocycles. The van der Waals surface area contributed by atoms with Crippen LogP contribution in [0.2, 0.25) is 0 Å². The summed E-state index contributed by atoms with van der Waals surface area (Å²) < 4.78 is 5.08. The van der Waals surface area contributed by atoms with Crippen molar-refractivity contribution >= 4 is 17.8 Å². The zero-order valence-electron chi connectivity index (χ0n) is 13.0. The molecule has 0 spiro atoms. The van der Waals surface area contributed by atoms with Crippen molar-refractivity contribution < 1.29 is 19.1 Å². The number of amides is 2. The molecule has 0 unspecified atom stereocenters. The fraction of sp³-hybridized carbons (Fsp3) is 0.353. The molecule has 2 N–H and O–H groups in total. The van der Waals surface area contributed by atoms with E-state index >= 15 is 0 Å². The Bertz CT molecular complexity index is 598. The summed E-state index contributed by atoms with van der Waals surface area (Å²) in [6.07, 6.45) is 5.23. The van der Waals surface area contributed by atoms with E-state index in [0.29, 0.717) is 5.56 Å². The number of ether oxygens (including phenoxy) is 1. The van der Waals surface area contributed by atoms with Crippen molar-refractivity contribution in [2.45, 2.75) is 32.3 Å². The fourth-order valence-corrected chi connectivity index (χ4v) is 2.26. The predicted molar refractivity (Wildman–Crippen MR) is 84.1 cm³/mol. The van der Waals surface area contributed by atoms with Gasteiger partial charge in [-0.3, -0.25) is 25.2 Å². The van der Waals surface area contributed by atoms with Gasteiger partial charge in [-0.1, -0.05) is 30.4 Å². The van der Waals surface area contributed by atoms with Crippen molar-refractivity contribution in [1.82, 2.24) is 10.9 Å². The first kappa shape index (κ1) is 16.7. The van der Waals surface area contributed by atoms with Crippen molar-refractivity contribution in [3.05, 3.63) is 48.0 Å². The lowest BCUT2D eigenvalue weighted by molar-refractivity contribution is -0.155. The quantitative estimate of drug-likeness (QED) is 0.492. The third-order valence-electron chi connectivity index (χ3n) is 3.55. The lowest BCUT2D eigenvalue weighted by atomic mass is 10.1. The number of carbonyl (C=O) groups is 3. The number of benzene rings is 1. The Labute approximate surface area is 134 Å². The zero-order chi connectivity index (χ0) is 16.7. The van der Waals surface area contributed by atoms with Gasteiger partial charge in [0, 0.05) is 5.56 Å². The molecule has 2 amide bonds. The highest BCUT2D eigenvalue weighted by atomic mass is 16.5. The summed E-state index contributed by atoms with van der Waals surface area (Å²) in [5, 5.41) is 0.